The molecule has 0 radical (unpaired) electrons. The van der Waals surface area contributed by atoms with Crippen LogP contribution in [0.15, 0.2) is 35.9 Å². The number of nitriles is 1. The van der Waals surface area contributed by atoms with Crippen LogP contribution in [0.25, 0.3) is 6.08 Å². The smallest absolute Gasteiger partial charge is 0.266 e. The molecule has 2 aromatic rings. The normalized spacial score (nSPS) is 12.3. The molecule has 164 valence electrons. The summed E-state index contributed by atoms with van der Waals surface area (Å²) < 4.78 is 5.19. The van der Waals surface area contributed by atoms with Crippen molar-refractivity contribution in [2.24, 2.45) is 0 Å². The molecule has 0 saturated heterocycles. The van der Waals surface area contributed by atoms with Gasteiger partial charge < -0.3 is 15.2 Å². The highest BCUT2D eigenvalue weighted by Crippen LogP contribution is 2.40. The second-order valence-electron chi connectivity index (χ2n) is 9.77. The first-order chi connectivity index (χ1) is 14.3. The number of hydrogen-bond acceptors (Lipinski definition) is 4. The predicted octanol–water partition coefficient (Wildman–Crippen LogP) is 5.85. The Bertz CT molecular complexity index is 1030. The molecule has 0 aliphatic heterocycles. The Kier molecular flexibility index (Phi) is 6.86. The third-order valence-corrected chi connectivity index (χ3v) is 5.11. The van der Waals surface area contributed by atoms with E-state index in [-0.39, 0.29) is 22.2 Å². The van der Waals surface area contributed by atoms with Crippen LogP contribution < -0.4 is 10.1 Å². The molecule has 0 atom stereocenters. The van der Waals surface area contributed by atoms with E-state index in [1.165, 1.54) is 0 Å². The number of ether oxygens (including phenoxy) is 1. The molecule has 5 heteroatoms. The number of nitrogens with zero attached hydrogens (tertiary/aromatic N) is 1. The second kappa shape index (κ2) is 8.85. The van der Waals surface area contributed by atoms with Crippen molar-refractivity contribution in [1.29, 1.82) is 5.26 Å². The van der Waals surface area contributed by atoms with Crippen molar-refractivity contribution >= 4 is 17.7 Å². The Morgan fingerprint density at radius 2 is 1.61 bits per heavy atom. The van der Waals surface area contributed by atoms with E-state index in [2.05, 4.69) is 5.32 Å². The fourth-order valence-corrected chi connectivity index (χ4v) is 3.29. The first-order valence-corrected chi connectivity index (χ1v) is 10.2. The summed E-state index contributed by atoms with van der Waals surface area (Å²) in [6, 6.07) is 11.0. The molecule has 2 N–H and O–H groups in total. The van der Waals surface area contributed by atoms with Crippen LogP contribution >= 0.6 is 0 Å². The summed E-state index contributed by atoms with van der Waals surface area (Å²) in [6.07, 6.45) is 1.57. The third-order valence-electron chi connectivity index (χ3n) is 5.11. The van der Waals surface area contributed by atoms with Gasteiger partial charge in [-0.1, -0.05) is 41.5 Å². The van der Waals surface area contributed by atoms with Crippen LogP contribution in [0.3, 0.4) is 0 Å². The fourth-order valence-electron chi connectivity index (χ4n) is 3.29. The molecule has 2 rings (SSSR count). The van der Waals surface area contributed by atoms with Crippen molar-refractivity contribution in [1.82, 2.24) is 0 Å². The van der Waals surface area contributed by atoms with E-state index in [9.17, 15) is 15.2 Å². The number of hydrogen-bond donors (Lipinski definition) is 2. The number of anilines is 1. The first-order valence-electron chi connectivity index (χ1n) is 10.2. The molecule has 0 saturated carbocycles. The molecule has 0 bridgehead atoms. The van der Waals surface area contributed by atoms with E-state index >= 15 is 0 Å². The van der Waals surface area contributed by atoms with E-state index in [0.29, 0.717) is 17.0 Å². The minimum atomic E-state index is -0.488. The maximum absolute atomic E-state index is 12.8. The van der Waals surface area contributed by atoms with Crippen LogP contribution in [0.2, 0.25) is 0 Å². The number of carbonyl (C=O) groups excluding carboxylic acids is 1. The lowest BCUT2D eigenvalue weighted by Gasteiger charge is -2.28. The summed E-state index contributed by atoms with van der Waals surface area (Å²) in [4.78, 5) is 12.8. The average molecular weight is 421 g/mol. The summed E-state index contributed by atoms with van der Waals surface area (Å²) in [5.41, 5.74) is 3.08. The van der Waals surface area contributed by atoms with Crippen LogP contribution in [-0.4, -0.2) is 18.1 Å². The number of phenols is 1. The van der Waals surface area contributed by atoms with Gasteiger partial charge in [-0.25, -0.2) is 0 Å². The Morgan fingerprint density at radius 1 is 1.06 bits per heavy atom. The lowest BCUT2D eigenvalue weighted by molar-refractivity contribution is -0.112. The van der Waals surface area contributed by atoms with Crippen molar-refractivity contribution in [2.45, 2.75) is 59.3 Å². The number of aromatic hydroxyl groups is 1. The van der Waals surface area contributed by atoms with Gasteiger partial charge in [0.25, 0.3) is 5.91 Å². The first kappa shape index (κ1) is 24.0. The van der Waals surface area contributed by atoms with E-state index in [1.807, 2.05) is 72.7 Å². The Balaban J connectivity index is 2.50. The van der Waals surface area contributed by atoms with Crippen LogP contribution in [0.1, 0.15) is 63.8 Å². The summed E-state index contributed by atoms with van der Waals surface area (Å²) in [7, 11) is 1.58. The van der Waals surface area contributed by atoms with E-state index in [4.69, 9.17) is 4.74 Å². The Labute approximate surface area is 185 Å². The molecule has 31 heavy (non-hydrogen) atoms. The van der Waals surface area contributed by atoms with Gasteiger partial charge in [-0.2, -0.15) is 5.26 Å². The number of carbonyl (C=O) groups is 1. The summed E-state index contributed by atoms with van der Waals surface area (Å²) >= 11 is 0. The molecule has 0 spiro atoms. The van der Waals surface area contributed by atoms with Gasteiger partial charge in [0.2, 0.25) is 0 Å². The molecule has 0 heterocycles. The van der Waals surface area contributed by atoms with Crippen LogP contribution in [0.5, 0.6) is 11.5 Å². The highest BCUT2D eigenvalue weighted by molar-refractivity contribution is 6.10. The predicted molar refractivity (Wildman–Crippen MR) is 125 cm³/mol. The molecule has 2 aromatic carbocycles. The van der Waals surface area contributed by atoms with E-state index in [1.54, 1.807) is 25.3 Å². The van der Waals surface area contributed by atoms with Crippen molar-refractivity contribution in [2.75, 3.05) is 12.4 Å². The number of amides is 1. The summed E-state index contributed by atoms with van der Waals surface area (Å²) in [5.74, 6) is 0.465. The molecule has 5 nitrogen and oxygen atoms in total. The highest BCUT2D eigenvalue weighted by atomic mass is 16.5. The topological polar surface area (TPSA) is 82.3 Å². The maximum atomic E-state index is 12.8. The van der Waals surface area contributed by atoms with Crippen molar-refractivity contribution in [3.8, 4) is 17.6 Å². The zero-order valence-corrected chi connectivity index (χ0v) is 19.7. The van der Waals surface area contributed by atoms with Gasteiger partial charge in [-0.15, -0.1) is 0 Å². The van der Waals surface area contributed by atoms with Crippen molar-refractivity contribution in [3.05, 3.63) is 58.2 Å². The molecule has 0 fully saturated rings. The SMILES string of the molecule is COc1ccc(NC(=O)C(C#N)=Cc2cc(C(C)(C)C)c(O)c(C(C)(C)C)c2)c(C)c1. The van der Waals surface area contributed by atoms with E-state index < -0.39 is 5.91 Å². The van der Waals surface area contributed by atoms with Gasteiger partial charge in [0.1, 0.15) is 23.1 Å². The van der Waals surface area contributed by atoms with Gasteiger partial charge in [0.05, 0.1) is 7.11 Å². The average Bonchev–Trinajstić information content (AvgIpc) is 2.66. The lowest BCUT2D eigenvalue weighted by Crippen LogP contribution is -2.18. The molecule has 0 unspecified atom stereocenters. The summed E-state index contributed by atoms with van der Waals surface area (Å²) in [6.45, 7) is 14.0. The lowest BCUT2D eigenvalue weighted by atomic mass is 9.78. The largest absolute Gasteiger partial charge is 0.507 e. The van der Waals surface area contributed by atoms with Crippen LogP contribution in [0.4, 0.5) is 5.69 Å². The number of benzene rings is 2. The zero-order valence-electron chi connectivity index (χ0n) is 19.7. The summed E-state index contributed by atoms with van der Waals surface area (Å²) in [5, 5.41) is 23.3. The molecule has 1 amide bonds. The Hall–Kier alpha value is -3.26. The number of methoxy groups -OCH3 is 1. The highest BCUT2D eigenvalue weighted by Gasteiger charge is 2.26. The van der Waals surface area contributed by atoms with Crippen LogP contribution in [-0.2, 0) is 15.6 Å². The number of nitrogens with one attached hydrogen (secondary N) is 1. The molecule has 0 aromatic heterocycles. The minimum Gasteiger partial charge on any atom is -0.507 e. The second-order valence-corrected chi connectivity index (χ2v) is 9.77. The van der Waals surface area contributed by atoms with Crippen molar-refractivity contribution < 1.29 is 14.6 Å². The van der Waals surface area contributed by atoms with Gasteiger partial charge >= 0.3 is 0 Å². The minimum absolute atomic E-state index is 0.0133. The van der Waals surface area contributed by atoms with Gasteiger partial charge in [-0.05, 0) is 65.3 Å². The van der Waals surface area contributed by atoms with Gasteiger partial charge in [0, 0.05) is 16.8 Å². The molecular formula is C26H32N2O3. The number of phenolic OH excluding ortho intramolecular Hbond substituents is 1. The van der Waals surface area contributed by atoms with Crippen molar-refractivity contribution in [3.63, 3.8) is 0 Å². The quantitative estimate of drug-likeness (QED) is 0.480. The number of aryl methyl sites for hydroxylation is 1. The van der Waals surface area contributed by atoms with Gasteiger partial charge in [0.15, 0.2) is 0 Å². The molecular weight excluding hydrogens is 388 g/mol. The zero-order chi connectivity index (χ0) is 23.6. The van der Waals surface area contributed by atoms with Crippen LogP contribution in [0, 0.1) is 18.3 Å². The fraction of sp³-hybridized carbons (Fsp3) is 0.385. The number of rotatable bonds is 4. The standard InChI is InChI=1S/C26H32N2O3/c1-16-11-19(31-8)9-10-22(16)28-24(30)18(15-27)12-17-13-20(25(2,3)4)23(29)21(14-17)26(5,6)7/h9-14,29H,1-8H3,(H,28,30). The van der Waals surface area contributed by atoms with E-state index in [0.717, 1.165) is 16.7 Å². The molecule has 0 aliphatic rings. The Morgan fingerprint density at radius 3 is 2.03 bits per heavy atom. The third kappa shape index (κ3) is 5.67. The van der Waals surface area contributed by atoms with Gasteiger partial charge in [-0.3, -0.25) is 4.79 Å². The monoisotopic (exact) mass is 420 g/mol. The molecule has 0 aliphatic carbocycles. The maximum Gasteiger partial charge on any atom is 0.266 e.